The van der Waals surface area contributed by atoms with Crippen molar-refractivity contribution in [3.8, 4) is 0 Å². The summed E-state index contributed by atoms with van der Waals surface area (Å²) in [5.74, 6) is 0.879. The van der Waals surface area contributed by atoms with Crippen molar-refractivity contribution in [2.24, 2.45) is 0 Å². The zero-order chi connectivity index (χ0) is 18.6. The molecule has 0 saturated carbocycles. The molecular formula is C22H24N2O3. The molecule has 0 radical (unpaired) electrons. The monoisotopic (exact) mass is 364 g/mol. The average Bonchev–Trinajstić information content (AvgIpc) is 3.33. The Balaban J connectivity index is 1.40. The third-order valence-electron chi connectivity index (χ3n) is 4.94. The van der Waals surface area contributed by atoms with E-state index in [-0.39, 0.29) is 18.1 Å². The molecule has 1 aliphatic rings. The van der Waals surface area contributed by atoms with E-state index in [0.717, 1.165) is 47.4 Å². The molecule has 1 aromatic heterocycles. The normalized spacial score (nSPS) is 19.4. The van der Waals surface area contributed by atoms with Crippen molar-refractivity contribution in [2.75, 3.05) is 11.9 Å². The van der Waals surface area contributed by atoms with E-state index in [1.165, 1.54) is 0 Å². The second-order valence-corrected chi connectivity index (χ2v) is 6.86. The minimum Gasteiger partial charge on any atom is -0.461 e. The molecule has 4 rings (SSSR count). The van der Waals surface area contributed by atoms with Crippen LogP contribution in [0.2, 0.25) is 0 Å². The van der Waals surface area contributed by atoms with Gasteiger partial charge in [0.2, 0.25) is 5.91 Å². The number of carbonyl (C=O) groups excluding carboxylic acids is 1. The van der Waals surface area contributed by atoms with Crippen LogP contribution in [0.4, 0.5) is 5.69 Å². The van der Waals surface area contributed by atoms with Crippen molar-refractivity contribution in [3.05, 3.63) is 65.9 Å². The molecule has 27 heavy (non-hydrogen) atoms. The fourth-order valence-corrected chi connectivity index (χ4v) is 3.47. The summed E-state index contributed by atoms with van der Waals surface area (Å²) in [6, 6.07) is 17.4. The van der Waals surface area contributed by atoms with Gasteiger partial charge in [-0.3, -0.25) is 4.79 Å². The first-order valence-electron chi connectivity index (χ1n) is 9.45. The highest BCUT2D eigenvalue weighted by Gasteiger charge is 2.33. The third kappa shape index (κ3) is 4.04. The van der Waals surface area contributed by atoms with Crippen LogP contribution in [0.5, 0.6) is 0 Å². The lowest BCUT2D eigenvalue weighted by Crippen LogP contribution is -2.43. The van der Waals surface area contributed by atoms with Crippen LogP contribution < -0.4 is 10.6 Å². The molecule has 5 nitrogen and oxygen atoms in total. The number of amides is 1. The Bertz CT molecular complexity index is 920. The Morgan fingerprint density at radius 3 is 2.89 bits per heavy atom. The molecule has 1 saturated heterocycles. The lowest BCUT2D eigenvalue weighted by atomic mass is 10.1. The van der Waals surface area contributed by atoms with Crippen LogP contribution in [-0.4, -0.2) is 24.6 Å². The van der Waals surface area contributed by atoms with E-state index in [2.05, 4.69) is 17.6 Å². The minimum atomic E-state index is -0.347. The van der Waals surface area contributed by atoms with Gasteiger partial charge < -0.3 is 19.8 Å². The Hall–Kier alpha value is -2.63. The van der Waals surface area contributed by atoms with Crippen LogP contribution in [0.25, 0.3) is 11.0 Å². The maximum absolute atomic E-state index is 12.8. The van der Waals surface area contributed by atoms with E-state index < -0.39 is 0 Å². The molecule has 2 N–H and O–H groups in total. The van der Waals surface area contributed by atoms with Crippen LogP contribution >= 0.6 is 0 Å². The average molecular weight is 364 g/mol. The predicted molar refractivity (Wildman–Crippen MR) is 106 cm³/mol. The van der Waals surface area contributed by atoms with Crippen molar-refractivity contribution < 1.29 is 13.9 Å². The van der Waals surface area contributed by atoms with Gasteiger partial charge in [-0.2, -0.15) is 0 Å². The topological polar surface area (TPSA) is 63.5 Å². The molecule has 2 heterocycles. The van der Waals surface area contributed by atoms with Crippen molar-refractivity contribution >= 4 is 22.6 Å². The number of nitrogens with one attached hydrogen (secondary N) is 2. The Labute approximate surface area is 158 Å². The number of aryl methyl sites for hydroxylation is 1. The number of hydrogen-bond donors (Lipinski definition) is 2. The predicted octanol–water partition coefficient (Wildman–Crippen LogP) is 3.88. The van der Waals surface area contributed by atoms with Gasteiger partial charge in [-0.25, -0.2) is 0 Å². The molecule has 2 atom stereocenters. The fraction of sp³-hybridized carbons (Fsp3) is 0.318. The van der Waals surface area contributed by atoms with Crippen molar-refractivity contribution in [1.29, 1.82) is 0 Å². The summed E-state index contributed by atoms with van der Waals surface area (Å²) in [5.41, 5.74) is 2.72. The highest BCUT2D eigenvalue weighted by atomic mass is 16.5. The Morgan fingerprint density at radius 1 is 1.22 bits per heavy atom. The van der Waals surface area contributed by atoms with Crippen molar-refractivity contribution in [1.82, 2.24) is 5.32 Å². The molecule has 3 aromatic rings. The maximum atomic E-state index is 12.8. The van der Waals surface area contributed by atoms with E-state index in [0.29, 0.717) is 6.61 Å². The van der Waals surface area contributed by atoms with Crippen LogP contribution in [0.1, 0.15) is 24.7 Å². The van der Waals surface area contributed by atoms with E-state index in [4.69, 9.17) is 9.15 Å². The minimum absolute atomic E-state index is 0.0656. The van der Waals surface area contributed by atoms with Crippen LogP contribution in [-0.2, 0) is 22.6 Å². The quantitative estimate of drug-likeness (QED) is 0.697. The van der Waals surface area contributed by atoms with E-state index in [1.807, 2.05) is 54.6 Å². The molecule has 5 heteroatoms. The number of anilines is 1. The van der Waals surface area contributed by atoms with Gasteiger partial charge in [-0.1, -0.05) is 37.3 Å². The molecule has 0 aliphatic carbocycles. The van der Waals surface area contributed by atoms with Gasteiger partial charge in [0.25, 0.3) is 0 Å². The summed E-state index contributed by atoms with van der Waals surface area (Å²) < 4.78 is 11.7. The summed E-state index contributed by atoms with van der Waals surface area (Å²) in [6.45, 7) is 3.34. The van der Waals surface area contributed by atoms with E-state index in [1.54, 1.807) is 0 Å². The molecule has 1 aliphatic heterocycles. The molecule has 0 bridgehead atoms. The number of hydrogen-bond acceptors (Lipinski definition) is 4. The number of benzene rings is 2. The van der Waals surface area contributed by atoms with Crippen LogP contribution in [0.15, 0.2) is 59.0 Å². The molecule has 1 fully saturated rings. The van der Waals surface area contributed by atoms with E-state index >= 15 is 0 Å². The fourth-order valence-electron chi connectivity index (χ4n) is 3.47. The largest absolute Gasteiger partial charge is 0.461 e. The first-order valence-corrected chi connectivity index (χ1v) is 9.45. The maximum Gasteiger partial charge on any atom is 0.244 e. The van der Waals surface area contributed by atoms with Crippen LogP contribution in [0, 0.1) is 0 Å². The number of fused-ring (bicyclic) bond motifs is 1. The van der Waals surface area contributed by atoms with Crippen LogP contribution in [0.3, 0.4) is 0 Å². The van der Waals surface area contributed by atoms with Crippen molar-refractivity contribution in [3.63, 3.8) is 0 Å². The van der Waals surface area contributed by atoms with Gasteiger partial charge in [0.05, 0.1) is 12.7 Å². The summed E-state index contributed by atoms with van der Waals surface area (Å²) in [6.07, 6.45) is 1.54. The van der Waals surface area contributed by atoms with Gasteiger partial charge in [-0.05, 0) is 42.8 Å². The first kappa shape index (κ1) is 17.8. The lowest BCUT2D eigenvalue weighted by molar-refractivity contribution is -0.121. The lowest BCUT2D eigenvalue weighted by Gasteiger charge is -2.20. The number of carbonyl (C=O) groups is 1. The highest BCUT2D eigenvalue weighted by Crippen LogP contribution is 2.24. The first-order chi connectivity index (χ1) is 13.2. The van der Waals surface area contributed by atoms with Gasteiger partial charge in [0.15, 0.2) is 0 Å². The van der Waals surface area contributed by atoms with E-state index in [9.17, 15) is 4.79 Å². The Kier molecular flexibility index (Phi) is 5.23. The van der Waals surface area contributed by atoms with Crippen molar-refractivity contribution in [2.45, 2.75) is 38.5 Å². The van der Waals surface area contributed by atoms with Gasteiger partial charge in [-0.15, -0.1) is 0 Å². The van der Waals surface area contributed by atoms with Gasteiger partial charge in [0.1, 0.15) is 17.4 Å². The zero-order valence-corrected chi connectivity index (χ0v) is 15.4. The summed E-state index contributed by atoms with van der Waals surface area (Å²) in [4.78, 5) is 12.8. The number of rotatable bonds is 6. The highest BCUT2D eigenvalue weighted by molar-refractivity contribution is 5.97. The number of ether oxygens (including phenoxy) is 1. The summed E-state index contributed by atoms with van der Waals surface area (Å²) in [7, 11) is 0. The molecular weight excluding hydrogens is 340 g/mol. The second kappa shape index (κ2) is 7.94. The van der Waals surface area contributed by atoms with Gasteiger partial charge in [0, 0.05) is 17.5 Å². The van der Waals surface area contributed by atoms with Gasteiger partial charge >= 0.3 is 0 Å². The molecule has 1 amide bonds. The Morgan fingerprint density at radius 2 is 2.07 bits per heavy atom. The zero-order valence-electron chi connectivity index (χ0n) is 15.4. The molecule has 140 valence electrons. The standard InChI is InChI=1S/C22H24N2O3/c1-2-18-13-16-12-17(8-9-19(16)27-18)24-22(25)21-20(10-11-23-21)26-14-15-6-4-3-5-7-15/h3-9,12-13,20-21,23H,2,10-11,14H2,1H3,(H,24,25)/t20-,21+/m1/s1. The third-order valence-corrected chi connectivity index (χ3v) is 4.94. The SMILES string of the molecule is CCc1cc2cc(NC(=O)[C@H]3NCC[C@H]3OCc3ccccc3)ccc2o1. The molecule has 0 spiro atoms. The summed E-state index contributed by atoms with van der Waals surface area (Å²) in [5, 5.41) is 7.27. The summed E-state index contributed by atoms with van der Waals surface area (Å²) >= 11 is 0. The second-order valence-electron chi connectivity index (χ2n) is 6.86. The smallest absolute Gasteiger partial charge is 0.244 e. The number of furan rings is 1. The molecule has 0 unspecified atom stereocenters. The molecule has 2 aromatic carbocycles.